The maximum absolute atomic E-state index is 6.06. The number of ether oxygens (including phenoxy) is 2. The molecule has 0 radical (unpaired) electrons. The first kappa shape index (κ1) is 15.8. The Kier molecular flexibility index (Phi) is 3.68. The first-order valence-corrected chi connectivity index (χ1v) is 9.52. The largest absolute Gasteiger partial charge is 0.489 e. The summed E-state index contributed by atoms with van der Waals surface area (Å²) >= 11 is 3.58. The number of benzene rings is 4. The minimum Gasteiger partial charge on any atom is -0.489 e. The van der Waals surface area contributed by atoms with Crippen LogP contribution in [-0.4, -0.2) is 21.1 Å². The Morgan fingerprint density at radius 3 is 1.92 bits per heavy atom. The molecule has 1 heterocycles. The van der Waals surface area contributed by atoms with Crippen LogP contribution >= 0.6 is 15.9 Å². The van der Waals surface area contributed by atoms with E-state index in [0.717, 1.165) is 27.1 Å². The number of rotatable bonds is 0. The van der Waals surface area contributed by atoms with Crippen LogP contribution in [0.15, 0.2) is 65.1 Å². The van der Waals surface area contributed by atoms with E-state index in [1.807, 2.05) is 0 Å². The van der Waals surface area contributed by atoms with E-state index < -0.39 is 0 Å². The van der Waals surface area contributed by atoms with E-state index in [0.29, 0.717) is 13.2 Å². The molecule has 126 valence electrons. The maximum Gasteiger partial charge on any atom is 0.139 e. The van der Waals surface area contributed by atoms with Gasteiger partial charge in [-0.15, -0.1) is 0 Å². The van der Waals surface area contributed by atoms with Gasteiger partial charge in [0.15, 0.2) is 0 Å². The molecule has 1 aliphatic rings. The normalized spacial score (nSPS) is 13.3. The van der Waals surface area contributed by atoms with Crippen LogP contribution in [-0.2, 0) is 0 Å². The maximum atomic E-state index is 6.06. The molecular formula is C22H16BBrO2. The van der Waals surface area contributed by atoms with Gasteiger partial charge in [0.1, 0.15) is 32.6 Å². The third-order valence-corrected chi connectivity index (χ3v) is 5.42. The fourth-order valence-corrected chi connectivity index (χ4v) is 4.15. The van der Waals surface area contributed by atoms with Gasteiger partial charge in [-0.05, 0) is 45.8 Å². The van der Waals surface area contributed by atoms with Crippen molar-refractivity contribution in [2.75, 3.05) is 13.2 Å². The predicted octanol–water partition coefficient (Wildman–Crippen LogP) is 4.45. The molecule has 0 bridgehead atoms. The quantitative estimate of drug-likeness (QED) is 0.404. The fraction of sp³-hybridized carbons (Fsp3) is 0.0909. The molecule has 0 N–H and O–H groups in total. The molecule has 0 spiro atoms. The summed E-state index contributed by atoms with van der Waals surface area (Å²) in [5.41, 5.74) is 3.48. The van der Waals surface area contributed by atoms with Gasteiger partial charge in [0.2, 0.25) is 0 Å². The molecule has 26 heavy (non-hydrogen) atoms. The molecule has 5 rings (SSSR count). The van der Waals surface area contributed by atoms with Crippen molar-refractivity contribution in [2.24, 2.45) is 0 Å². The van der Waals surface area contributed by atoms with E-state index in [-0.39, 0.29) is 0 Å². The minimum absolute atomic E-state index is 0.542. The highest BCUT2D eigenvalue weighted by Crippen LogP contribution is 2.46. The summed E-state index contributed by atoms with van der Waals surface area (Å²) in [6.07, 6.45) is 0. The number of halogens is 1. The van der Waals surface area contributed by atoms with Crippen LogP contribution in [0.3, 0.4) is 0 Å². The van der Waals surface area contributed by atoms with Crippen LogP contribution in [0.2, 0.25) is 0 Å². The highest BCUT2D eigenvalue weighted by atomic mass is 79.9. The van der Waals surface area contributed by atoms with Crippen molar-refractivity contribution in [3.8, 4) is 22.6 Å². The van der Waals surface area contributed by atoms with Crippen LogP contribution in [0, 0.1) is 0 Å². The SMILES string of the molecule is Bc1ccc2c3c(ccc2c1)OCCOc1ccc2cc(Br)ccc2c1-3. The number of hydrogen-bond donors (Lipinski definition) is 0. The van der Waals surface area contributed by atoms with Crippen molar-refractivity contribution in [3.05, 3.63) is 65.1 Å². The summed E-state index contributed by atoms with van der Waals surface area (Å²) in [6.45, 7) is 1.09. The standard InChI is InChI=1S/C22H16BBrO2/c23-15-3-5-17-13(11-15)1-7-19-21(17)22-18-6-4-16(24)12-14(18)2-8-20(22)26-10-9-25-19/h1-8,11-12H,9-10,23H2. The summed E-state index contributed by atoms with van der Waals surface area (Å²) in [4.78, 5) is 0. The average molecular weight is 403 g/mol. The Labute approximate surface area is 161 Å². The van der Waals surface area contributed by atoms with Gasteiger partial charge in [-0.25, -0.2) is 0 Å². The zero-order chi connectivity index (χ0) is 17.7. The Hall–Kier alpha value is -2.46. The lowest BCUT2D eigenvalue weighted by Crippen LogP contribution is -2.13. The summed E-state index contributed by atoms with van der Waals surface area (Å²) in [6, 6.07) is 21.4. The fourth-order valence-electron chi connectivity index (χ4n) is 3.77. The van der Waals surface area contributed by atoms with Crippen LogP contribution in [0.1, 0.15) is 0 Å². The molecule has 0 atom stereocenters. The molecule has 4 aromatic rings. The molecule has 0 saturated heterocycles. The van der Waals surface area contributed by atoms with E-state index in [1.165, 1.54) is 27.0 Å². The summed E-state index contributed by atoms with van der Waals surface area (Å²) in [7, 11) is 2.12. The van der Waals surface area contributed by atoms with E-state index in [2.05, 4.69) is 84.4 Å². The van der Waals surface area contributed by atoms with Crippen LogP contribution in [0.4, 0.5) is 0 Å². The second-order valence-corrected chi connectivity index (χ2v) is 7.58. The van der Waals surface area contributed by atoms with Crippen LogP contribution < -0.4 is 14.9 Å². The van der Waals surface area contributed by atoms with Crippen molar-refractivity contribution in [3.63, 3.8) is 0 Å². The molecule has 2 nitrogen and oxygen atoms in total. The van der Waals surface area contributed by atoms with Crippen molar-refractivity contribution in [1.29, 1.82) is 0 Å². The van der Waals surface area contributed by atoms with E-state index in [1.54, 1.807) is 0 Å². The highest BCUT2D eigenvalue weighted by molar-refractivity contribution is 9.10. The molecule has 1 aliphatic heterocycles. The molecule has 0 unspecified atom stereocenters. The van der Waals surface area contributed by atoms with E-state index >= 15 is 0 Å². The average Bonchev–Trinajstić information content (AvgIpc) is 2.62. The molecule has 0 saturated carbocycles. The van der Waals surface area contributed by atoms with Gasteiger partial charge in [0.25, 0.3) is 0 Å². The Morgan fingerprint density at radius 1 is 0.692 bits per heavy atom. The summed E-state index contributed by atoms with van der Waals surface area (Å²) < 4.78 is 13.2. The van der Waals surface area contributed by atoms with Gasteiger partial charge in [-0.2, -0.15) is 0 Å². The number of fused-ring (bicyclic) bond motifs is 7. The third kappa shape index (κ3) is 2.48. The van der Waals surface area contributed by atoms with Crippen molar-refractivity contribution >= 4 is 50.8 Å². The third-order valence-electron chi connectivity index (χ3n) is 4.93. The van der Waals surface area contributed by atoms with E-state index in [4.69, 9.17) is 9.47 Å². The summed E-state index contributed by atoms with van der Waals surface area (Å²) in [5, 5.41) is 4.76. The number of hydrogen-bond acceptors (Lipinski definition) is 2. The molecule has 0 aromatic heterocycles. The Morgan fingerprint density at radius 2 is 1.27 bits per heavy atom. The van der Waals surface area contributed by atoms with E-state index in [9.17, 15) is 0 Å². The Balaban J connectivity index is 1.96. The molecule has 0 aliphatic carbocycles. The van der Waals surface area contributed by atoms with Gasteiger partial charge in [-0.3, -0.25) is 0 Å². The lowest BCUT2D eigenvalue weighted by molar-refractivity contribution is 0.215. The lowest BCUT2D eigenvalue weighted by Gasteiger charge is -2.22. The van der Waals surface area contributed by atoms with Crippen LogP contribution in [0.5, 0.6) is 11.5 Å². The van der Waals surface area contributed by atoms with Crippen LogP contribution in [0.25, 0.3) is 32.7 Å². The molecular weight excluding hydrogens is 387 g/mol. The monoisotopic (exact) mass is 402 g/mol. The van der Waals surface area contributed by atoms with Gasteiger partial charge >= 0.3 is 0 Å². The second-order valence-electron chi connectivity index (χ2n) is 6.66. The van der Waals surface area contributed by atoms with Gasteiger partial charge in [-0.1, -0.05) is 57.8 Å². The minimum atomic E-state index is 0.542. The zero-order valence-corrected chi connectivity index (χ0v) is 16.0. The smallest absolute Gasteiger partial charge is 0.139 e. The first-order valence-electron chi connectivity index (χ1n) is 8.72. The van der Waals surface area contributed by atoms with Crippen molar-refractivity contribution in [1.82, 2.24) is 0 Å². The highest BCUT2D eigenvalue weighted by Gasteiger charge is 2.20. The Bertz CT molecular complexity index is 1080. The second kappa shape index (κ2) is 6.06. The lowest BCUT2D eigenvalue weighted by atomic mass is 9.88. The molecule has 4 heteroatoms. The van der Waals surface area contributed by atoms with Crippen molar-refractivity contribution in [2.45, 2.75) is 0 Å². The molecule has 4 aromatic carbocycles. The summed E-state index contributed by atoms with van der Waals surface area (Å²) in [5.74, 6) is 1.83. The van der Waals surface area contributed by atoms with Gasteiger partial charge in [0.05, 0.1) is 0 Å². The van der Waals surface area contributed by atoms with Gasteiger partial charge in [0, 0.05) is 15.6 Å². The van der Waals surface area contributed by atoms with Gasteiger partial charge < -0.3 is 9.47 Å². The zero-order valence-electron chi connectivity index (χ0n) is 14.4. The molecule has 0 fully saturated rings. The van der Waals surface area contributed by atoms with Crippen molar-refractivity contribution < 1.29 is 9.47 Å². The first-order chi connectivity index (χ1) is 12.7. The molecule has 0 amide bonds. The topological polar surface area (TPSA) is 18.5 Å². The predicted molar refractivity (Wildman–Crippen MR) is 114 cm³/mol.